The molecule has 0 atom stereocenters. The van der Waals surface area contributed by atoms with E-state index in [4.69, 9.17) is 11.6 Å². The average molecular weight is 461 g/mol. The van der Waals surface area contributed by atoms with E-state index in [0.29, 0.717) is 34.1 Å². The van der Waals surface area contributed by atoms with Crippen LogP contribution in [0, 0.1) is 0 Å². The molecule has 3 N–H and O–H groups in total. The highest BCUT2D eigenvalue weighted by molar-refractivity contribution is 6.38. The van der Waals surface area contributed by atoms with Crippen LogP contribution in [0.1, 0.15) is 21.5 Å². The Balaban J connectivity index is 1.64. The molecule has 0 spiro atoms. The summed E-state index contributed by atoms with van der Waals surface area (Å²) in [6.45, 7) is 1.35. The van der Waals surface area contributed by atoms with Crippen LogP contribution in [-0.2, 0) is 4.79 Å². The van der Waals surface area contributed by atoms with Gasteiger partial charge in [-0.15, -0.1) is 0 Å². The van der Waals surface area contributed by atoms with Crippen molar-refractivity contribution < 1.29 is 9.59 Å². The minimum absolute atomic E-state index is 0.119. The van der Waals surface area contributed by atoms with E-state index in [1.165, 1.54) is 0 Å². The molecule has 0 unspecified atom stereocenters. The van der Waals surface area contributed by atoms with Crippen LogP contribution >= 0.6 is 11.6 Å². The molecule has 0 aliphatic carbocycles. The third-order valence-electron chi connectivity index (χ3n) is 5.30. The van der Waals surface area contributed by atoms with Crippen molar-refractivity contribution in [3.63, 3.8) is 0 Å². The molecule has 33 heavy (non-hydrogen) atoms. The highest BCUT2D eigenvalue weighted by Crippen LogP contribution is 2.38. The van der Waals surface area contributed by atoms with Gasteiger partial charge in [-0.05, 0) is 56.1 Å². The zero-order valence-corrected chi connectivity index (χ0v) is 19.2. The number of amides is 2. The summed E-state index contributed by atoms with van der Waals surface area (Å²) in [5, 5.41) is 9.76. The van der Waals surface area contributed by atoms with Crippen LogP contribution in [0.15, 0.2) is 72.8 Å². The van der Waals surface area contributed by atoms with Crippen molar-refractivity contribution in [1.82, 2.24) is 10.2 Å². The maximum atomic E-state index is 12.9. The van der Waals surface area contributed by atoms with Gasteiger partial charge < -0.3 is 20.9 Å². The van der Waals surface area contributed by atoms with Crippen molar-refractivity contribution in [1.29, 1.82) is 0 Å². The van der Waals surface area contributed by atoms with Crippen molar-refractivity contribution in [2.45, 2.75) is 0 Å². The van der Waals surface area contributed by atoms with E-state index < -0.39 is 0 Å². The third-order valence-corrected chi connectivity index (χ3v) is 5.53. The third kappa shape index (κ3) is 5.25. The summed E-state index contributed by atoms with van der Waals surface area (Å²) < 4.78 is 0. The van der Waals surface area contributed by atoms with E-state index >= 15 is 0 Å². The predicted octanol–water partition coefficient (Wildman–Crippen LogP) is 4.56. The van der Waals surface area contributed by atoms with Gasteiger partial charge in [0.15, 0.2) is 0 Å². The number of likely N-dealkylation sites (N-methyl/N-ethyl adjacent to an activating group) is 1. The molecule has 4 rings (SSSR count). The molecular weight excluding hydrogens is 436 g/mol. The number of rotatable bonds is 7. The first-order chi connectivity index (χ1) is 15.9. The fraction of sp³-hybridized carbons (Fsp3) is 0.154. The van der Waals surface area contributed by atoms with Gasteiger partial charge in [-0.25, -0.2) is 0 Å². The largest absolute Gasteiger partial charge is 0.354 e. The predicted molar refractivity (Wildman–Crippen MR) is 134 cm³/mol. The number of halogens is 1. The molecule has 0 radical (unpaired) electrons. The molecule has 1 heterocycles. The maximum absolute atomic E-state index is 12.9. The molecule has 0 aromatic heterocycles. The van der Waals surface area contributed by atoms with Gasteiger partial charge in [0.1, 0.15) is 0 Å². The van der Waals surface area contributed by atoms with E-state index in [-0.39, 0.29) is 11.8 Å². The quantitative estimate of drug-likeness (QED) is 0.452. The molecule has 2 amide bonds. The van der Waals surface area contributed by atoms with Gasteiger partial charge in [0, 0.05) is 34.9 Å². The summed E-state index contributed by atoms with van der Waals surface area (Å²) in [5.74, 6) is -0.318. The maximum Gasteiger partial charge on any atom is 0.258 e. The number of hydrogen-bond donors (Lipinski definition) is 3. The molecule has 168 valence electrons. The second-order valence-electron chi connectivity index (χ2n) is 8.02. The normalized spacial score (nSPS) is 14.0. The van der Waals surface area contributed by atoms with E-state index in [0.717, 1.165) is 23.4 Å². The lowest BCUT2D eigenvalue weighted by Crippen LogP contribution is -2.31. The smallest absolute Gasteiger partial charge is 0.258 e. The average Bonchev–Trinajstić information content (AvgIpc) is 3.12. The summed E-state index contributed by atoms with van der Waals surface area (Å²) in [6, 6.07) is 22.2. The van der Waals surface area contributed by atoms with Crippen molar-refractivity contribution in [2.24, 2.45) is 0 Å². The highest BCUT2D eigenvalue weighted by atomic mass is 35.5. The van der Waals surface area contributed by atoms with Crippen LogP contribution in [0.25, 0.3) is 11.3 Å². The Bertz CT molecular complexity index is 1200. The highest BCUT2D eigenvalue weighted by Gasteiger charge is 2.28. The summed E-state index contributed by atoms with van der Waals surface area (Å²) in [7, 11) is 3.92. The molecule has 1 aliphatic rings. The second kappa shape index (κ2) is 9.90. The van der Waals surface area contributed by atoms with E-state index in [9.17, 15) is 9.59 Å². The number of fused-ring (bicyclic) bond motifs is 1. The monoisotopic (exact) mass is 460 g/mol. The van der Waals surface area contributed by atoms with Crippen LogP contribution in [-0.4, -0.2) is 43.9 Å². The lowest BCUT2D eigenvalue weighted by Gasteiger charge is -2.15. The molecule has 3 aromatic carbocycles. The number of benzene rings is 3. The Labute approximate surface area is 198 Å². The Morgan fingerprint density at radius 3 is 2.39 bits per heavy atom. The van der Waals surface area contributed by atoms with E-state index in [1.54, 1.807) is 24.3 Å². The Kier molecular flexibility index (Phi) is 6.77. The molecule has 1 aliphatic heterocycles. The van der Waals surface area contributed by atoms with Crippen LogP contribution in [0.2, 0.25) is 5.02 Å². The fourth-order valence-electron chi connectivity index (χ4n) is 3.62. The molecule has 0 saturated carbocycles. The molecule has 6 nitrogen and oxygen atoms in total. The van der Waals surface area contributed by atoms with Crippen LogP contribution in [0.5, 0.6) is 0 Å². The molecule has 3 aromatic rings. The lowest BCUT2D eigenvalue weighted by molar-refractivity contribution is -0.110. The summed E-state index contributed by atoms with van der Waals surface area (Å²) in [5.41, 5.74) is 4.90. The van der Waals surface area contributed by atoms with E-state index in [1.807, 2.05) is 67.5 Å². The molecule has 0 fully saturated rings. The Morgan fingerprint density at radius 1 is 0.970 bits per heavy atom. The topological polar surface area (TPSA) is 73.5 Å². The lowest BCUT2D eigenvalue weighted by atomic mass is 10.00. The Morgan fingerprint density at radius 2 is 1.70 bits per heavy atom. The first-order valence-corrected chi connectivity index (χ1v) is 11.0. The van der Waals surface area contributed by atoms with Crippen molar-refractivity contribution in [3.8, 4) is 0 Å². The van der Waals surface area contributed by atoms with Gasteiger partial charge in [0.2, 0.25) is 0 Å². The zero-order chi connectivity index (χ0) is 23.4. The standard InChI is InChI=1S/C26H25ClN4O2/c1-31(2)15-14-28-25(32)18-8-11-20(12-9-18)29-24(17-6-4-3-5-7-17)23-21-13-10-19(27)16-22(21)30-26(23)33/h3-13,16,29H,14-15H2,1-2H3,(H,28,32)(H,30,33). The Hall–Kier alpha value is -3.61. The number of carbonyl (C=O) groups excluding carboxylic acids is 2. The van der Waals surface area contributed by atoms with Gasteiger partial charge in [-0.1, -0.05) is 48.0 Å². The first-order valence-electron chi connectivity index (χ1n) is 10.6. The number of nitrogens with zero attached hydrogens (tertiary/aromatic N) is 1. The molecule has 0 saturated heterocycles. The van der Waals surface area contributed by atoms with Crippen molar-refractivity contribution in [3.05, 3.63) is 94.5 Å². The fourth-order valence-corrected chi connectivity index (χ4v) is 3.79. The molecule has 7 heteroatoms. The molecular formula is C26H25ClN4O2. The first kappa shape index (κ1) is 22.6. The van der Waals surface area contributed by atoms with Crippen LogP contribution in [0.3, 0.4) is 0 Å². The SMILES string of the molecule is CN(C)CCNC(=O)c1ccc(NC(=C2C(=O)Nc3cc(Cl)ccc32)c2ccccc2)cc1. The number of anilines is 2. The molecule has 0 bridgehead atoms. The van der Waals surface area contributed by atoms with Crippen molar-refractivity contribution in [2.75, 3.05) is 37.8 Å². The minimum atomic E-state index is -0.199. The minimum Gasteiger partial charge on any atom is -0.354 e. The van der Waals surface area contributed by atoms with Crippen LogP contribution < -0.4 is 16.0 Å². The van der Waals surface area contributed by atoms with E-state index in [2.05, 4.69) is 16.0 Å². The second-order valence-corrected chi connectivity index (χ2v) is 8.46. The summed E-state index contributed by atoms with van der Waals surface area (Å²) >= 11 is 6.11. The van der Waals surface area contributed by atoms with Gasteiger partial charge in [0.05, 0.1) is 17.0 Å². The number of carbonyl (C=O) groups is 2. The number of nitrogens with one attached hydrogen (secondary N) is 3. The van der Waals surface area contributed by atoms with Gasteiger partial charge >= 0.3 is 0 Å². The van der Waals surface area contributed by atoms with Gasteiger partial charge in [-0.2, -0.15) is 0 Å². The van der Waals surface area contributed by atoms with Gasteiger partial charge in [-0.3, -0.25) is 9.59 Å². The van der Waals surface area contributed by atoms with Gasteiger partial charge in [0.25, 0.3) is 11.8 Å². The number of hydrogen-bond acceptors (Lipinski definition) is 4. The van der Waals surface area contributed by atoms with Crippen molar-refractivity contribution >= 4 is 46.1 Å². The zero-order valence-electron chi connectivity index (χ0n) is 18.5. The summed E-state index contributed by atoms with van der Waals surface area (Å²) in [4.78, 5) is 27.3. The van der Waals surface area contributed by atoms with Crippen LogP contribution in [0.4, 0.5) is 11.4 Å². The summed E-state index contributed by atoms with van der Waals surface area (Å²) in [6.07, 6.45) is 0.